The Labute approximate surface area is 197 Å². The minimum absolute atomic E-state index is 0.0959. The second kappa shape index (κ2) is 9.98. The number of hydrogen-bond donors (Lipinski definition) is 1. The first-order valence-electron chi connectivity index (χ1n) is 10.6. The molecule has 0 saturated carbocycles. The van der Waals surface area contributed by atoms with Crippen molar-refractivity contribution in [3.63, 3.8) is 0 Å². The number of fused-ring (bicyclic) bond motifs is 1. The normalized spacial score (nSPS) is 15.9. The molecule has 1 aliphatic carbocycles. The van der Waals surface area contributed by atoms with E-state index in [4.69, 9.17) is 0 Å². The molecule has 0 fully saturated rings. The fourth-order valence-electron chi connectivity index (χ4n) is 4.07. The van der Waals surface area contributed by atoms with E-state index in [1.54, 1.807) is 24.3 Å². The van der Waals surface area contributed by atoms with Gasteiger partial charge in [0.1, 0.15) is 0 Å². The van der Waals surface area contributed by atoms with E-state index in [9.17, 15) is 13.2 Å². The summed E-state index contributed by atoms with van der Waals surface area (Å²) in [7, 11) is -3.86. The summed E-state index contributed by atoms with van der Waals surface area (Å²) in [5.74, 6) is -0.302. The molecule has 3 aromatic rings. The smallest absolute Gasteiger partial charge is 0.243 e. The van der Waals surface area contributed by atoms with Crippen molar-refractivity contribution in [1.82, 2.24) is 9.62 Å². The number of nitrogens with one attached hydrogen (secondary N) is 1. The molecule has 0 radical (unpaired) electrons. The van der Waals surface area contributed by atoms with Gasteiger partial charge < -0.3 is 5.32 Å². The maximum Gasteiger partial charge on any atom is 0.243 e. The van der Waals surface area contributed by atoms with Gasteiger partial charge in [-0.1, -0.05) is 70.5 Å². The Morgan fingerprint density at radius 3 is 2.41 bits per heavy atom. The average molecular weight is 513 g/mol. The number of carbonyl (C=O) groups excluding carboxylic acids is 1. The number of sulfonamides is 1. The Morgan fingerprint density at radius 1 is 0.969 bits per heavy atom. The van der Waals surface area contributed by atoms with Crippen LogP contribution in [0.15, 0.2) is 88.2 Å². The second-order valence-corrected chi connectivity index (χ2v) is 10.8. The molecule has 0 aromatic heterocycles. The molecule has 1 aliphatic rings. The zero-order chi connectivity index (χ0) is 22.6. The van der Waals surface area contributed by atoms with Crippen LogP contribution in [0.2, 0.25) is 0 Å². The Morgan fingerprint density at radius 2 is 1.66 bits per heavy atom. The number of aryl methyl sites for hydroxylation is 1. The summed E-state index contributed by atoms with van der Waals surface area (Å²) in [5, 5.41) is 3.07. The Balaban J connectivity index is 1.56. The lowest BCUT2D eigenvalue weighted by molar-refractivity contribution is -0.122. The molecule has 0 aliphatic heterocycles. The highest BCUT2D eigenvalue weighted by molar-refractivity contribution is 9.10. The molecular weight excluding hydrogens is 488 g/mol. The second-order valence-electron chi connectivity index (χ2n) is 7.92. The van der Waals surface area contributed by atoms with E-state index < -0.39 is 10.0 Å². The minimum Gasteiger partial charge on any atom is -0.348 e. The Bertz CT molecular complexity index is 1180. The molecule has 0 bridgehead atoms. The lowest BCUT2D eigenvalue weighted by Crippen LogP contribution is -2.42. The number of halogens is 1. The van der Waals surface area contributed by atoms with E-state index >= 15 is 0 Å². The van der Waals surface area contributed by atoms with Crippen molar-refractivity contribution in [2.45, 2.75) is 36.7 Å². The molecule has 1 amide bonds. The minimum atomic E-state index is -3.86. The van der Waals surface area contributed by atoms with E-state index in [1.807, 2.05) is 48.5 Å². The van der Waals surface area contributed by atoms with Crippen LogP contribution >= 0.6 is 15.9 Å². The molecule has 0 spiro atoms. The highest BCUT2D eigenvalue weighted by atomic mass is 79.9. The number of benzene rings is 3. The van der Waals surface area contributed by atoms with Crippen LogP contribution in [-0.2, 0) is 27.8 Å². The standard InChI is InChI=1S/C25H25BrN2O3S/c26-21-13-15-22(16-14-21)32(30,31)28(17-19-7-2-1-3-8-19)18-25(29)27-24-12-6-10-20-9-4-5-11-23(20)24/h1-5,7-9,11,13-16,24H,6,10,12,17-18H2,(H,27,29)/t24-/m1/s1. The van der Waals surface area contributed by atoms with Crippen molar-refractivity contribution in [2.24, 2.45) is 0 Å². The predicted octanol–water partition coefficient (Wildman–Crippen LogP) is 4.83. The van der Waals surface area contributed by atoms with E-state index in [0.717, 1.165) is 34.9 Å². The highest BCUT2D eigenvalue weighted by Gasteiger charge is 2.29. The third-order valence-corrected chi connectivity index (χ3v) is 8.01. The Hall–Kier alpha value is -2.48. The quantitative estimate of drug-likeness (QED) is 0.492. The maximum absolute atomic E-state index is 13.4. The van der Waals surface area contributed by atoms with Crippen LogP contribution in [0, 0.1) is 0 Å². The van der Waals surface area contributed by atoms with Crippen molar-refractivity contribution < 1.29 is 13.2 Å². The Kier molecular flexibility index (Phi) is 7.08. The van der Waals surface area contributed by atoms with Crippen molar-refractivity contribution in [1.29, 1.82) is 0 Å². The fourth-order valence-corrected chi connectivity index (χ4v) is 5.72. The average Bonchev–Trinajstić information content (AvgIpc) is 2.80. The molecule has 0 heterocycles. The summed E-state index contributed by atoms with van der Waals surface area (Å²) in [5.41, 5.74) is 3.19. The molecule has 4 rings (SSSR count). The first-order valence-corrected chi connectivity index (χ1v) is 12.8. The van der Waals surface area contributed by atoms with Crippen LogP contribution in [0.25, 0.3) is 0 Å². The van der Waals surface area contributed by atoms with Crippen LogP contribution < -0.4 is 5.32 Å². The largest absolute Gasteiger partial charge is 0.348 e. The van der Waals surface area contributed by atoms with Gasteiger partial charge in [0.05, 0.1) is 17.5 Å². The van der Waals surface area contributed by atoms with Gasteiger partial charge in [0.25, 0.3) is 0 Å². The summed E-state index contributed by atoms with van der Waals surface area (Å²) in [6.45, 7) is -0.125. The number of carbonyl (C=O) groups is 1. The third-order valence-electron chi connectivity index (χ3n) is 5.68. The first kappa shape index (κ1) is 22.7. The van der Waals surface area contributed by atoms with Gasteiger partial charge in [0.15, 0.2) is 0 Å². The molecular formula is C25H25BrN2O3S. The SMILES string of the molecule is O=C(CN(Cc1ccccc1)S(=O)(=O)c1ccc(Br)cc1)N[C@@H]1CCCc2ccccc21. The molecule has 166 valence electrons. The number of hydrogen-bond acceptors (Lipinski definition) is 3. The van der Waals surface area contributed by atoms with Gasteiger partial charge in [-0.25, -0.2) is 8.42 Å². The predicted molar refractivity (Wildman–Crippen MR) is 128 cm³/mol. The third kappa shape index (κ3) is 5.28. The molecule has 0 unspecified atom stereocenters. The lowest BCUT2D eigenvalue weighted by atomic mass is 9.88. The van der Waals surface area contributed by atoms with Crippen LogP contribution in [-0.4, -0.2) is 25.2 Å². The first-order chi connectivity index (χ1) is 15.4. The summed E-state index contributed by atoms with van der Waals surface area (Å²) < 4.78 is 28.8. The molecule has 7 heteroatoms. The van der Waals surface area contributed by atoms with Gasteiger partial charge in [-0.05, 0) is 60.2 Å². The van der Waals surface area contributed by atoms with Crippen LogP contribution in [0.4, 0.5) is 0 Å². The summed E-state index contributed by atoms with van der Waals surface area (Å²) in [6.07, 6.45) is 2.84. The van der Waals surface area contributed by atoms with E-state index in [2.05, 4.69) is 27.3 Å². The summed E-state index contributed by atoms with van der Waals surface area (Å²) >= 11 is 3.34. The number of rotatable bonds is 7. The summed E-state index contributed by atoms with van der Waals surface area (Å²) in [4.78, 5) is 13.2. The van der Waals surface area contributed by atoms with Gasteiger partial charge in [-0.2, -0.15) is 4.31 Å². The molecule has 1 atom stereocenters. The van der Waals surface area contributed by atoms with Crippen molar-refractivity contribution >= 4 is 31.9 Å². The topological polar surface area (TPSA) is 66.5 Å². The van der Waals surface area contributed by atoms with Gasteiger partial charge >= 0.3 is 0 Å². The zero-order valence-corrected chi connectivity index (χ0v) is 20.0. The molecule has 0 saturated heterocycles. The van der Waals surface area contributed by atoms with Gasteiger partial charge in [-0.3, -0.25) is 4.79 Å². The number of nitrogens with zero attached hydrogens (tertiary/aromatic N) is 1. The van der Waals surface area contributed by atoms with Crippen molar-refractivity contribution in [3.05, 3.63) is 100 Å². The van der Waals surface area contributed by atoms with E-state index in [0.29, 0.717) is 0 Å². The van der Waals surface area contributed by atoms with Crippen molar-refractivity contribution in [2.75, 3.05) is 6.54 Å². The summed E-state index contributed by atoms with van der Waals surface area (Å²) in [6, 6.07) is 23.8. The van der Waals surface area contributed by atoms with Gasteiger partial charge in [-0.15, -0.1) is 0 Å². The van der Waals surface area contributed by atoms with Gasteiger partial charge in [0, 0.05) is 11.0 Å². The lowest BCUT2D eigenvalue weighted by Gasteiger charge is -2.28. The van der Waals surface area contributed by atoms with Crippen LogP contribution in [0.1, 0.15) is 35.6 Å². The molecule has 5 nitrogen and oxygen atoms in total. The highest BCUT2D eigenvalue weighted by Crippen LogP contribution is 2.29. The van der Waals surface area contributed by atoms with E-state index in [-0.39, 0.29) is 29.9 Å². The zero-order valence-electron chi connectivity index (χ0n) is 17.6. The van der Waals surface area contributed by atoms with Crippen LogP contribution in [0.5, 0.6) is 0 Å². The van der Waals surface area contributed by atoms with Gasteiger partial charge in [0.2, 0.25) is 15.9 Å². The molecule has 3 aromatic carbocycles. The fraction of sp³-hybridized carbons (Fsp3) is 0.240. The number of amides is 1. The molecule has 32 heavy (non-hydrogen) atoms. The van der Waals surface area contributed by atoms with E-state index in [1.165, 1.54) is 9.87 Å². The van der Waals surface area contributed by atoms with Crippen molar-refractivity contribution in [3.8, 4) is 0 Å². The maximum atomic E-state index is 13.4. The monoisotopic (exact) mass is 512 g/mol. The van der Waals surface area contributed by atoms with Crippen LogP contribution in [0.3, 0.4) is 0 Å². The molecule has 1 N–H and O–H groups in total.